The quantitative estimate of drug-likeness (QED) is 0.644. The summed E-state index contributed by atoms with van der Waals surface area (Å²) in [5.41, 5.74) is 11.3. The fourth-order valence-corrected chi connectivity index (χ4v) is 4.35. The second kappa shape index (κ2) is 7.71. The minimum atomic E-state index is 0.135. The van der Waals surface area contributed by atoms with E-state index in [0.717, 1.165) is 18.3 Å². The number of likely N-dealkylation sites (tertiary alicyclic amines) is 1. The Balaban J connectivity index is 1.82. The van der Waals surface area contributed by atoms with E-state index in [0.29, 0.717) is 5.92 Å². The molecule has 1 saturated heterocycles. The van der Waals surface area contributed by atoms with Crippen molar-refractivity contribution >= 4 is 28.7 Å². The number of thioether (sulfide) groups is 1. The summed E-state index contributed by atoms with van der Waals surface area (Å²) < 4.78 is 2.03. The predicted octanol–water partition coefficient (Wildman–Crippen LogP) is 3.43. The number of amidine groups is 1. The number of nitrogens with zero attached hydrogens (tertiary/aromatic N) is 3. The Bertz CT molecular complexity index is 902. The van der Waals surface area contributed by atoms with Crippen LogP contribution in [0.4, 0.5) is 0 Å². The van der Waals surface area contributed by atoms with Crippen LogP contribution in [0, 0.1) is 5.92 Å². The molecule has 0 aliphatic carbocycles. The first-order valence-corrected chi connectivity index (χ1v) is 10.4. The van der Waals surface area contributed by atoms with E-state index in [1.165, 1.54) is 22.4 Å². The van der Waals surface area contributed by atoms with E-state index in [9.17, 15) is 0 Å². The highest BCUT2D eigenvalue weighted by Crippen LogP contribution is 2.38. The van der Waals surface area contributed by atoms with Gasteiger partial charge in [0.25, 0.3) is 0 Å². The first-order valence-electron chi connectivity index (χ1n) is 9.21. The Morgan fingerprint density at radius 2 is 1.81 bits per heavy atom. The number of hydrogen-bond acceptors (Lipinski definition) is 3. The Hall–Kier alpha value is -2.37. The van der Waals surface area contributed by atoms with Crippen LogP contribution in [0.3, 0.4) is 0 Å². The second-order valence-electron chi connectivity index (χ2n) is 7.11. The van der Waals surface area contributed by atoms with Gasteiger partial charge in [0.15, 0.2) is 6.04 Å². The van der Waals surface area contributed by atoms with Gasteiger partial charge in [0, 0.05) is 13.1 Å². The molecule has 0 bridgehead atoms. The molecule has 0 saturated carbocycles. The number of benzene rings is 2. The maximum atomic E-state index is 6.36. The Kier molecular flexibility index (Phi) is 5.14. The molecule has 27 heavy (non-hydrogen) atoms. The standard InChI is InChI=1S/C22H24N4S/c1-25-14-18(13-16-9-5-3-6-10-16)20-19(15-25)21(17-11-7-4-8-12-17)26(24-20)22(23)27-2/h3-13,19,21,23H,14-15H2,1-2H3/p+1/b18-13+/t19-,21-/m1/s1. The van der Waals surface area contributed by atoms with Crippen molar-refractivity contribution < 1.29 is 4.68 Å². The minimum Gasteiger partial charge on any atom is -0.301 e. The SMILES string of the molecule is CS/C(N)=[N+]1N=C2/C(=C/c3ccccc3)CN(C)C[C@H]2[C@H]/1c1ccccc1. The number of piperidine rings is 1. The molecule has 138 valence electrons. The number of nitrogens with two attached hydrogens (primary N) is 1. The van der Waals surface area contributed by atoms with Gasteiger partial charge in [-0.3, -0.25) is 5.73 Å². The van der Waals surface area contributed by atoms with Crippen LogP contribution in [0.15, 0.2) is 71.3 Å². The van der Waals surface area contributed by atoms with Crippen molar-refractivity contribution in [2.75, 3.05) is 26.4 Å². The highest BCUT2D eigenvalue weighted by atomic mass is 32.2. The zero-order chi connectivity index (χ0) is 18.8. The third kappa shape index (κ3) is 3.57. The van der Waals surface area contributed by atoms with E-state index < -0.39 is 0 Å². The van der Waals surface area contributed by atoms with E-state index in [2.05, 4.69) is 72.6 Å². The predicted molar refractivity (Wildman–Crippen MR) is 115 cm³/mol. The highest BCUT2D eigenvalue weighted by molar-refractivity contribution is 8.12. The lowest BCUT2D eigenvalue weighted by atomic mass is 9.83. The summed E-state index contributed by atoms with van der Waals surface area (Å²) >= 11 is 1.55. The molecule has 1 fully saturated rings. The third-order valence-electron chi connectivity index (χ3n) is 5.21. The summed E-state index contributed by atoms with van der Waals surface area (Å²) in [5, 5.41) is 5.77. The van der Waals surface area contributed by atoms with Gasteiger partial charge in [-0.2, -0.15) is 0 Å². The van der Waals surface area contributed by atoms with Gasteiger partial charge in [0.05, 0.1) is 11.6 Å². The minimum absolute atomic E-state index is 0.135. The van der Waals surface area contributed by atoms with Crippen molar-refractivity contribution in [3.05, 3.63) is 77.4 Å². The van der Waals surface area contributed by atoms with Crippen LogP contribution in [0.25, 0.3) is 6.08 Å². The lowest BCUT2D eigenvalue weighted by Crippen LogP contribution is -2.41. The molecule has 0 aromatic heterocycles. The molecule has 2 aromatic rings. The van der Waals surface area contributed by atoms with E-state index in [1.54, 1.807) is 11.8 Å². The summed E-state index contributed by atoms with van der Waals surface area (Å²) in [6.07, 6.45) is 4.27. The molecule has 2 atom stereocenters. The Morgan fingerprint density at radius 1 is 1.15 bits per heavy atom. The smallest absolute Gasteiger partial charge is 0.301 e. The van der Waals surface area contributed by atoms with Gasteiger partial charge >= 0.3 is 5.17 Å². The molecule has 0 radical (unpaired) electrons. The van der Waals surface area contributed by atoms with Crippen LogP contribution in [0.5, 0.6) is 0 Å². The molecule has 2 aromatic carbocycles. The van der Waals surface area contributed by atoms with Gasteiger partial charge in [0.2, 0.25) is 0 Å². The summed E-state index contributed by atoms with van der Waals surface area (Å²) in [7, 11) is 2.18. The van der Waals surface area contributed by atoms with Gasteiger partial charge in [-0.1, -0.05) is 65.8 Å². The normalized spacial score (nSPS) is 26.0. The molecule has 0 unspecified atom stereocenters. The molecule has 4 rings (SSSR count). The number of hydrazone groups is 1. The van der Waals surface area contributed by atoms with Crippen molar-refractivity contribution in [1.29, 1.82) is 0 Å². The molecule has 0 spiro atoms. The zero-order valence-electron chi connectivity index (χ0n) is 15.7. The Morgan fingerprint density at radius 3 is 2.48 bits per heavy atom. The molecular weight excluding hydrogens is 352 g/mol. The fourth-order valence-electron chi connectivity index (χ4n) is 4.01. The van der Waals surface area contributed by atoms with Crippen molar-refractivity contribution in [2.24, 2.45) is 16.8 Å². The van der Waals surface area contributed by atoms with Crippen molar-refractivity contribution in [3.63, 3.8) is 0 Å². The first-order chi connectivity index (χ1) is 13.2. The zero-order valence-corrected chi connectivity index (χ0v) is 16.6. The van der Waals surface area contributed by atoms with E-state index in [-0.39, 0.29) is 6.04 Å². The average Bonchev–Trinajstić information content (AvgIpc) is 3.08. The van der Waals surface area contributed by atoms with Gasteiger partial charge < -0.3 is 4.90 Å². The number of likely N-dealkylation sites (N-methyl/N-ethyl adjacent to an activating group) is 1. The molecule has 2 N–H and O–H groups in total. The van der Waals surface area contributed by atoms with Gasteiger partial charge in [-0.25, -0.2) is 0 Å². The molecule has 2 aliphatic heterocycles. The van der Waals surface area contributed by atoms with Crippen molar-refractivity contribution in [2.45, 2.75) is 6.04 Å². The molecular formula is C22H25N4S+. The molecule has 5 heteroatoms. The molecule has 2 heterocycles. The lowest BCUT2D eigenvalue weighted by Gasteiger charge is -2.31. The van der Waals surface area contributed by atoms with E-state index in [4.69, 9.17) is 10.8 Å². The van der Waals surface area contributed by atoms with Gasteiger partial charge in [-0.15, -0.1) is 4.68 Å². The number of hydrogen-bond donors (Lipinski definition) is 1. The Labute approximate surface area is 165 Å². The largest absolute Gasteiger partial charge is 0.329 e. The summed E-state index contributed by atoms with van der Waals surface area (Å²) in [6, 6.07) is 21.2. The monoisotopic (exact) mass is 377 g/mol. The molecule has 0 amide bonds. The van der Waals surface area contributed by atoms with Gasteiger partial charge in [0.1, 0.15) is 0 Å². The average molecular weight is 378 g/mol. The summed E-state index contributed by atoms with van der Waals surface area (Å²) in [4.78, 5) is 2.38. The van der Waals surface area contributed by atoms with E-state index in [1.807, 2.05) is 17.0 Å². The maximum Gasteiger partial charge on any atom is 0.329 e. The number of fused-ring (bicyclic) bond motifs is 1. The number of rotatable bonds is 2. The second-order valence-corrected chi connectivity index (χ2v) is 7.94. The summed E-state index contributed by atoms with van der Waals surface area (Å²) in [5.74, 6) is 0.298. The molecule has 2 aliphatic rings. The maximum absolute atomic E-state index is 6.36. The fraction of sp³-hybridized carbons (Fsp3) is 0.273. The van der Waals surface area contributed by atoms with E-state index >= 15 is 0 Å². The van der Waals surface area contributed by atoms with Crippen molar-refractivity contribution in [1.82, 2.24) is 4.90 Å². The lowest BCUT2D eigenvalue weighted by molar-refractivity contribution is -0.571. The van der Waals surface area contributed by atoms with Crippen LogP contribution < -0.4 is 5.73 Å². The van der Waals surface area contributed by atoms with Crippen molar-refractivity contribution in [3.8, 4) is 0 Å². The van der Waals surface area contributed by atoms with Gasteiger partial charge in [-0.05, 0) is 47.8 Å². The first kappa shape index (κ1) is 18.0. The van der Waals surface area contributed by atoms with Crippen LogP contribution >= 0.6 is 11.8 Å². The van der Waals surface area contributed by atoms with Crippen LogP contribution in [0.1, 0.15) is 17.2 Å². The summed E-state index contributed by atoms with van der Waals surface area (Å²) in [6.45, 7) is 1.88. The topological polar surface area (TPSA) is 44.6 Å². The highest BCUT2D eigenvalue weighted by Gasteiger charge is 2.45. The van der Waals surface area contributed by atoms with Crippen LogP contribution in [-0.4, -0.2) is 46.9 Å². The molecule has 4 nitrogen and oxygen atoms in total. The van der Waals surface area contributed by atoms with Crippen LogP contribution in [-0.2, 0) is 0 Å². The third-order valence-corrected chi connectivity index (χ3v) is 5.81. The van der Waals surface area contributed by atoms with Crippen LogP contribution in [0.2, 0.25) is 0 Å².